The van der Waals surface area contributed by atoms with Crippen LogP contribution in [-0.2, 0) is 20.1 Å². The Kier molecular flexibility index (Phi) is 7.82. The van der Waals surface area contributed by atoms with E-state index in [1.807, 2.05) is 79.0 Å². The quantitative estimate of drug-likeness (QED) is 0.319. The van der Waals surface area contributed by atoms with E-state index in [9.17, 15) is 0 Å². The number of hydrogen-bond acceptors (Lipinski definition) is 2. The normalized spacial score (nSPS) is 9.57. The summed E-state index contributed by atoms with van der Waals surface area (Å²) in [6, 6.07) is 23.6. The van der Waals surface area contributed by atoms with Gasteiger partial charge in [-0.15, -0.1) is 35.4 Å². The zero-order valence-corrected chi connectivity index (χ0v) is 17.9. The third kappa shape index (κ3) is 5.23. The zero-order chi connectivity index (χ0) is 19.1. The number of rotatable bonds is 3. The summed E-state index contributed by atoms with van der Waals surface area (Å²) in [6.07, 6.45) is 5.40. The molecule has 2 heterocycles. The average molecular weight is 544 g/mol. The molecule has 4 heteroatoms. The number of pyridine rings is 1. The summed E-state index contributed by atoms with van der Waals surface area (Å²) in [7, 11) is 0. The van der Waals surface area contributed by atoms with Crippen LogP contribution in [0.15, 0.2) is 98.0 Å². The molecule has 4 rings (SSSR count). The molecule has 0 spiro atoms. The molecule has 0 N–H and O–H groups in total. The summed E-state index contributed by atoms with van der Waals surface area (Å²) in [4.78, 5) is 4.27. The predicted octanol–water partition coefficient (Wildman–Crippen LogP) is 5.51. The van der Waals surface area contributed by atoms with Crippen LogP contribution in [0.3, 0.4) is 0 Å². The number of hydrogen-bond donors (Lipinski definition) is 0. The minimum absolute atomic E-state index is 0. The SMILES string of the molecule is C=C(c1ccccc1[CH2-])n1cccn1.[CH2-]c1ccccc1-c1ccccn1.[Ir]. The van der Waals surface area contributed by atoms with E-state index < -0.39 is 0 Å². The van der Waals surface area contributed by atoms with Crippen molar-refractivity contribution in [2.75, 3.05) is 0 Å². The molecule has 0 atom stereocenters. The van der Waals surface area contributed by atoms with E-state index in [1.54, 1.807) is 17.1 Å². The number of aromatic nitrogens is 3. The van der Waals surface area contributed by atoms with Crippen LogP contribution >= 0.6 is 0 Å². The van der Waals surface area contributed by atoms with Gasteiger partial charge in [-0.3, -0.25) is 9.67 Å². The van der Waals surface area contributed by atoms with Gasteiger partial charge in [0.25, 0.3) is 0 Å². The van der Waals surface area contributed by atoms with Crippen molar-refractivity contribution in [1.29, 1.82) is 0 Å². The van der Waals surface area contributed by atoms with Crippen molar-refractivity contribution in [3.05, 3.63) is 129 Å². The van der Waals surface area contributed by atoms with Gasteiger partial charge in [0.05, 0.1) is 0 Å². The maximum atomic E-state index is 4.27. The first kappa shape index (κ1) is 21.2. The second-order valence-corrected chi connectivity index (χ2v) is 5.93. The monoisotopic (exact) mass is 544 g/mol. The third-order valence-corrected chi connectivity index (χ3v) is 4.07. The van der Waals surface area contributed by atoms with E-state index in [0.29, 0.717) is 0 Å². The second-order valence-electron chi connectivity index (χ2n) is 5.93. The Hall–Kier alpha value is -3.07. The zero-order valence-electron chi connectivity index (χ0n) is 15.5. The van der Waals surface area contributed by atoms with E-state index in [1.165, 1.54) is 0 Å². The maximum absolute atomic E-state index is 4.27. The molecule has 2 aromatic carbocycles. The first-order valence-electron chi connectivity index (χ1n) is 8.59. The molecule has 2 aromatic heterocycles. The minimum atomic E-state index is 0. The van der Waals surface area contributed by atoms with Crippen LogP contribution in [0, 0.1) is 13.8 Å². The van der Waals surface area contributed by atoms with Gasteiger partial charge in [-0.1, -0.05) is 24.8 Å². The van der Waals surface area contributed by atoms with E-state index in [0.717, 1.165) is 33.6 Å². The molecule has 0 aliphatic heterocycles. The molecule has 3 nitrogen and oxygen atoms in total. The molecule has 0 aliphatic rings. The van der Waals surface area contributed by atoms with Crippen molar-refractivity contribution in [2.45, 2.75) is 0 Å². The van der Waals surface area contributed by atoms with Gasteiger partial charge in [-0.05, 0) is 18.2 Å². The molecule has 0 amide bonds. The Labute approximate surface area is 180 Å². The van der Waals surface area contributed by atoms with Crippen molar-refractivity contribution < 1.29 is 20.1 Å². The van der Waals surface area contributed by atoms with Crippen molar-refractivity contribution >= 4 is 5.70 Å². The van der Waals surface area contributed by atoms with Crippen LogP contribution in [0.4, 0.5) is 0 Å². The van der Waals surface area contributed by atoms with Crippen molar-refractivity contribution in [3.8, 4) is 11.3 Å². The molecule has 0 unspecified atom stereocenters. The van der Waals surface area contributed by atoms with Gasteiger partial charge < -0.3 is 0 Å². The van der Waals surface area contributed by atoms with E-state index in [2.05, 4.69) is 30.5 Å². The summed E-state index contributed by atoms with van der Waals surface area (Å²) < 4.78 is 1.74. The molecule has 0 fully saturated rings. The first-order chi connectivity index (χ1) is 13.2. The molecule has 0 bridgehead atoms. The second kappa shape index (κ2) is 10.3. The van der Waals surface area contributed by atoms with E-state index >= 15 is 0 Å². The fourth-order valence-corrected chi connectivity index (χ4v) is 2.65. The maximum Gasteiger partial charge on any atom is 0.0493 e. The van der Waals surface area contributed by atoms with Crippen LogP contribution in [-0.4, -0.2) is 14.8 Å². The van der Waals surface area contributed by atoms with Gasteiger partial charge >= 0.3 is 0 Å². The Balaban J connectivity index is 0.000000194. The van der Waals surface area contributed by atoms with Gasteiger partial charge in [-0.25, -0.2) is 0 Å². The van der Waals surface area contributed by atoms with Gasteiger partial charge in [-0.2, -0.15) is 42.2 Å². The van der Waals surface area contributed by atoms with Gasteiger partial charge in [0.1, 0.15) is 0 Å². The summed E-state index contributed by atoms with van der Waals surface area (Å²) in [5.74, 6) is 0. The molecule has 4 aromatic rings. The largest absolute Gasteiger partial charge is 0.270 e. The Morgan fingerprint density at radius 1 is 0.786 bits per heavy atom. The van der Waals surface area contributed by atoms with Gasteiger partial charge in [0, 0.05) is 50.1 Å². The summed E-state index contributed by atoms with van der Waals surface area (Å²) in [5, 5.41) is 4.12. The van der Waals surface area contributed by atoms with Crippen LogP contribution in [0.2, 0.25) is 0 Å². The molecular formula is C24H21IrN3-2. The number of benzene rings is 2. The first-order valence-corrected chi connectivity index (χ1v) is 8.59. The van der Waals surface area contributed by atoms with Crippen LogP contribution in [0.5, 0.6) is 0 Å². The Bertz CT molecular complexity index is 1010. The fourth-order valence-electron chi connectivity index (χ4n) is 2.65. The summed E-state index contributed by atoms with van der Waals surface area (Å²) in [5.41, 5.74) is 5.93. The van der Waals surface area contributed by atoms with E-state index in [-0.39, 0.29) is 20.1 Å². The molecule has 0 saturated carbocycles. The van der Waals surface area contributed by atoms with Crippen molar-refractivity contribution in [2.24, 2.45) is 0 Å². The van der Waals surface area contributed by atoms with Gasteiger partial charge in [0.15, 0.2) is 0 Å². The van der Waals surface area contributed by atoms with Crippen LogP contribution < -0.4 is 0 Å². The smallest absolute Gasteiger partial charge is 0.0493 e. The van der Waals surface area contributed by atoms with Crippen LogP contribution in [0.25, 0.3) is 17.0 Å². The van der Waals surface area contributed by atoms with Crippen molar-refractivity contribution in [1.82, 2.24) is 14.8 Å². The summed E-state index contributed by atoms with van der Waals surface area (Å²) >= 11 is 0. The molecule has 0 saturated heterocycles. The van der Waals surface area contributed by atoms with Crippen molar-refractivity contribution in [3.63, 3.8) is 0 Å². The summed E-state index contributed by atoms with van der Waals surface area (Å²) in [6.45, 7) is 11.9. The average Bonchev–Trinajstić information content (AvgIpc) is 3.24. The topological polar surface area (TPSA) is 30.7 Å². The minimum Gasteiger partial charge on any atom is -0.270 e. The molecule has 28 heavy (non-hydrogen) atoms. The molecule has 143 valence electrons. The van der Waals surface area contributed by atoms with Gasteiger partial charge in [0.2, 0.25) is 0 Å². The molecule has 0 aliphatic carbocycles. The molecular weight excluding hydrogens is 523 g/mol. The number of nitrogens with zero attached hydrogens (tertiary/aromatic N) is 3. The Morgan fingerprint density at radius 2 is 1.46 bits per heavy atom. The fraction of sp³-hybridized carbons (Fsp3) is 0. The van der Waals surface area contributed by atoms with Crippen LogP contribution in [0.1, 0.15) is 16.7 Å². The Morgan fingerprint density at radius 3 is 2.07 bits per heavy atom. The standard InChI is InChI=1S/C12H11N2.C12H10N.Ir/c1-10-6-3-4-7-12(10)11(2)14-9-5-8-13-14;1-10-6-2-3-7-11(10)12-8-4-5-9-13-12;/h3-9H,1-2H2;2-9H,1H2;/q2*-1;. The van der Waals surface area contributed by atoms with E-state index in [4.69, 9.17) is 0 Å². The predicted molar refractivity (Wildman–Crippen MR) is 112 cm³/mol. The third-order valence-electron chi connectivity index (χ3n) is 4.07. The molecule has 1 radical (unpaired) electrons.